The molecule has 0 unspecified atom stereocenters. The molecule has 0 saturated carbocycles. The van der Waals surface area contributed by atoms with Gasteiger partial charge in [-0.15, -0.1) is 0 Å². The number of anilines is 2. The third-order valence-electron chi connectivity index (χ3n) is 4.85. The van der Waals surface area contributed by atoms with Gasteiger partial charge in [0.15, 0.2) is 9.34 Å². The van der Waals surface area contributed by atoms with Crippen LogP contribution in [0.3, 0.4) is 0 Å². The van der Waals surface area contributed by atoms with Crippen molar-refractivity contribution in [2.75, 3.05) is 22.9 Å². The lowest BCUT2D eigenvalue weighted by atomic mass is 10.0. The van der Waals surface area contributed by atoms with E-state index in [1.54, 1.807) is 24.3 Å². The van der Waals surface area contributed by atoms with Gasteiger partial charge in [0.1, 0.15) is 11.6 Å². The lowest BCUT2D eigenvalue weighted by Crippen LogP contribution is -2.49. The normalized spacial score (nSPS) is 14.9. The molecule has 7 nitrogen and oxygen atoms in total. The highest BCUT2D eigenvalue weighted by molar-refractivity contribution is 7.88. The van der Waals surface area contributed by atoms with Crippen molar-refractivity contribution in [2.45, 2.75) is 17.6 Å². The first kappa shape index (κ1) is 21.3. The summed E-state index contributed by atoms with van der Waals surface area (Å²) in [4.78, 5) is 20.0. The molecule has 0 atom stereocenters. The van der Waals surface area contributed by atoms with Crippen molar-refractivity contribution in [3.8, 4) is 11.1 Å². The lowest BCUT2D eigenvalue weighted by molar-refractivity contribution is 0.248. The first-order valence-corrected chi connectivity index (χ1v) is 11.5. The van der Waals surface area contributed by atoms with Gasteiger partial charge in [-0.05, 0) is 49.2 Å². The molecule has 2 heterocycles. The number of aryl methyl sites for hydroxylation is 1. The monoisotopic (exact) mass is 465 g/mol. The molecule has 0 radical (unpaired) electrons. The quantitative estimate of drug-likeness (QED) is 0.574. The van der Waals surface area contributed by atoms with E-state index in [4.69, 9.17) is 0 Å². The van der Waals surface area contributed by atoms with Gasteiger partial charge in [-0.3, -0.25) is 14.4 Å². The Balaban J connectivity index is 1.61. The highest BCUT2D eigenvalue weighted by atomic mass is 32.3. The van der Waals surface area contributed by atoms with E-state index in [9.17, 15) is 26.5 Å². The van der Waals surface area contributed by atoms with Gasteiger partial charge in [0.2, 0.25) is 0 Å². The molecular formula is C20H17F2N3O4S2. The van der Waals surface area contributed by atoms with Crippen molar-refractivity contribution < 1.29 is 26.5 Å². The second kappa shape index (κ2) is 7.98. The van der Waals surface area contributed by atoms with Gasteiger partial charge >= 0.3 is 16.1 Å². The van der Waals surface area contributed by atoms with Crippen LogP contribution >= 0.6 is 11.3 Å². The fourth-order valence-corrected chi connectivity index (χ4v) is 5.29. The first-order chi connectivity index (χ1) is 14.6. The van der Waals surface area contributed by atoms with Crippen molar-refractivity contribution >= 4 is 38.3 Å². The number of benzene rings is 2. The molecule has 0 spiro atoms. The van der Waals surface area contributed by atoms with Gasteiger partial charge in [0.05, 0.1) is 5.69 Å². The summed E-state index contributed by atoms with van der Waals surface area (Å²) < 4.78 is 59.5. The van der Waals surface area contributed by atoms with E-state index in [0.29, 0.717) is 30.8 Å². The molecule has 31 heavy (non-hydrogen) atoms. The van der Waals surface area contributed by atoms with Gasteiger partial charge in [0.25, 0.3) is 0 Å². The highest BCUT2D eigenvalue weighted by Gasteiger charge is 2.31. The maximum Gasteiger partial charge on any atom is 0.330 e. The summed E-state index contributed by atoms with van der Waals surface area (Å²) in [5.41, 5.74) is 1.26. The Morgan fingerprint density at radius 3 is 2.39 bits per heavy atom. The van der Waals surface area contributed by atoms with Crippen LogP contribution < -0.4 is 9.80 Å². The van der Waals surface area contributed by atoms with E-state index in [0.717, 1.165) is 29.5 Å². The van der Waals surface area contributed by atoms with Crippen molar-refractivity contribution in [3.63, 3.8) is 0 Å². The largest absolute Gasteiger partial charge is 0.330 e. The van der Waals surface area contributed by atoms with Gasteiger partial charge in [-0.2, -0.15) is 8.42 Å². The van der Waals surface area contributed by atoms with Crippen LogP contribution in [0.5, 0.6) is 0 Å². The van der Waals surface area contributed by atoms with Crippen LogP contribution in [0.4, 0.5) is 24.4 Å². The number of hydrogen-bond acceptors (Lipinski definition) is 5. The number of carbonyl (C=O) groups excluding carboxylic acids is 1. The predicted molar refractivity (Wildman–Crippen MR) is 113 cm³/mol. The summed E-state index contributed by atoms with van der Waals surface area (Å²) in [5.74, 6) is -1.10. The average Bonchev–Trinajstić information content (AvgIpc) is 3.12. The predicted octanol–water partition coefficient (Wildman–Crippen LogP) is 4.48. The number of urea groups is 1. The lowest BCUT2D eigenvalue weighted by Gasteiger charge is -2.34. The summed E-state index contributed by atoms with van der Waals surface area (Å²) in [6.07, 6.45) is 0.603. The molecule has 11 heteroatoms. The van der Waals surface area contributed by atoms with E-state index in [1.807, 2.05) is 0 Å². The van der Waals surface area contributed by atoms with E-state index in [1.165, 1.54) is 16.7 Å². The van der Waals surface area contributed by atoms with E-state index >= 15 is 0 Å². The second-order valence-electron chi connectivity index (χ2n) is 6.95. The molecule has 1 N–H and O–H groups in total. The summed E-state index contributed by atoms with van der Waals surface area (Å²) in [7, 11) is -4.43. The van der Waals surface area contributed by atoms with Gasteiger partial charge in [0, 0.05) is 24.3 Å². The minimum atomic E-state index is -4.43. The van der Waals surface area contributed by atoms with Crippen LogP contribution in [-0.2, 0) is 10.1 Å². The Labute approximate surface area is 181 Å². The van der Waals surface area contributed by atoms with Gasteiger partial charge in [-0.25, -0.2) is 18.6 Å². The number of carbonyl (C=O) groups is 1. The molecule has 1 saturated heterocycles. The SMILES string of the molecule is Cc1nc(N2CCCN(c3ccc(-c4cc(F)ccc4F)cc3)C2=O)sc1S(=O)(=O)O. The smallest absolute Gasteiger partial charge is 0.294 e. The molecule has 1 aliphatic rings. The third kappa shape index (κ3) is 4.16. The third-order valence-corrected chi connectivity index (χ3v) is 7.47. The molecule has 2 amide bonds. The highest BCUT2D eigenvalue weighted by Crippen LogP contribution is 2.33. The number of hydrogen-bond donors (Lipinski definition) is 1. The van der Waals surface area contributed by atoms with Crippen LogP contribution in [0.25, 0.3) is 11.1 Å². The molecule has 4 rings (SSSR count). The van der Waals surface area contributed by atoms with Crippen molar-refractivity contribution in [1.29, 1.82) is 0 Å². The van der Waals surface area contributed by atoms with Crippen LogP contribution in [0.15, 0.2) is 46.7 Å². The molecule has 1 aliphatic heterocycles. The van der Waals surface area contributed by atoms with Crippen molar-refractivity contribution in [1.82, 2.24) is 4.98 Å². The zero-order valence-electron chi connectivity index (χ0n) is 16.2. The van der Waals surface area contributed by atoms with E-state index < -0.39 is 27.8 Å². The van der Waals surface area contributed by atoms with Crippen LogP contribution in [0.1, 0.15) is 12.1 Å². The number of thiazole rings is 1. The molecule has 0 aliphatic carbocycles. The molecule has 3 aromatic rings. The fourth-order valence-electron chi connectivity index (χ4n) is 3.40. The van der Waals surface area contributed by atoms with E-state index in [-0.39, 0.29) is 20.6 Å². The molecule has 1 aromatic heterocycles. The topological polar surface area (TPSA) is 90.8 Å². The molecule has 0 bridgehead atoms. The number of amides is 2. The number of halogens is 2. The Kier molecular flexibility index (Phi) is 5.50. The summed E-state index contributed by atoms with van der Waals surface area (Å²) in [6.45, 7) is 2.22. The maximum atomic E-state index is 14.0. The zero-order valence-corrected chi connectivity index (χ0v) is 17.9. The van der Waals surface area contributed by atoms with Crippen LogP contribution in [0.2, 0.25) is 0 Å². The molecular weight excluding hydrogens is 448 g/mol. The fraction of sp³-hybridized carbons (Fsp3) is 0.200. The van der Waals surface area contributed by atoms with Crippen LogP contribution in [-0.4, -0.2) is 37.1 Å². The summed E-state index contributed by atoms with van der Waals surface area (Å²) >= 11 is 0.729. The second-order valence-corrected chi connectivity index (χ2v) is 9.55. The summed E-state index contributed by atoms with van der Waals surface area (Å²) in [5, 5.41) is 0.179. The summed E-state index contributed by atoms with van der Waals surface area (Å²) in [6, 6.07) is 9.29. The molecule has 162 valence electrons. The maximum absolute atomic E-state index is 14.0. The Bertz CT molecular complexity index is 1260. The number of rotatable bonds is 4. The minimum absolute atomic E-state index is 0.119. The first-order valence-electron chi connectivity index (χ1n) is 9.24. The zero-order chi connectivity index (χ0) is 22.3. The van der Waals surface area contributed by atoms with Crippen LogP contribution in [0, 0.1) is 18.6 Å². The molecule has 2 aromatic carbocycles. The Morgan fingerprint density at radius 2 is 1.74 bits per heavy atom. The van der Waals surface area contributed by atoms with Crippen molar-refractivity contribution in [3.05, 3.63) is 59.8 Å². The van der Waals surface area contributed by atoms with Gasteiger partial charge < -0.3 is 0 Å². The number of aromatic nitrogens is 1. The van der Waals surface area contributed by atoms with Crippen molar-refractivity contribution in [2.24, 2.45) is 0 Å². The Hall–Kier alpha value is -2.89. The minimum Gasteiger partial charge on any atom is -0.294 e. The molecule has 1 fully saturated rings. The standard InChI is InChI=1S/C20H17F2N3O4S2/c1-12-18(31(27,28)29)30-19(23-12)25-10-2-9-24(20(25)26)15-6-3-13(4-7-15)16-11-14(21)5-8-17(16)22/h3-8,11H,2,9-10H2,1H3,(H,27,28,29). The Morgan fingerprint density at radius 1 is 1.06 bits per heavy atom. The van der Waals surface area contributed by atoms with E-state index in [2.05, 4.69) is 4.98 Å². The number of nitrogens with zero attached hydrogens (tertiary/aromatic N) is 3. The average molecular weight is 466 g/mol. The van der Waals surface area contributed by atoms with Gasteiger partial charge in [-0.1, -0.05) is 23.5 Å².